The summed E-state index contributed by atoms with van der Waals surface area (Å²) in [6, 6.07) is 0.564. The van der Waals surface area contributed by atoms with E-state index in [2.05, 4.69) is 32.6 Å². The fourth-order valence-corrected chi connectivity index (χ4v) is 2.08. The molecule has 13 heavy (non-hydrogen) atoms. The van der Waals surface area contributed by atoms with Crippen molar-refractivity contribution in [1.29, 1.82) is 0 Å². The number of hydrogen-bond acceptors (Lipinski definition) is 1. The van der Waals surface area contributed by atoms with Crippen molar-refractivity contribution in [2.24, 2.45) is 11.8 Å². The average molecular weight is 187 g/mol. The van der Waals surface area contributed by atoms with Gasteiger partial charge in [0.05, 0.1) is 0 Å². The summed E-state index contributed by atoms with van der Waals surface area (Å²) in [6.07, 6.45) is 0.149. The first-order valence-electron chi connectivity index (χ1n) is 5.40. The highest BCUT2D eigenvalue weighted by molar-refractivity contribution is 4.83. The van der Waals surface area contributed by atoms with Crippen molar-refractivity contribution in [1.82, 2.24) is 4.90 Å². The summed E-state index contributed by atoms with van der Waals surface area (Å²) in [5, 5.41) is 0. The van der Waals surface area contributed by atoms with Gasteiger partial charge in [-0.05, 0) is 26.2 Å². The monoisotopic (exact) mass is 187 g/mol. The normalized spacial score (nSPS) is 31.6. The van der Waals surface area contributed by atoms with E-state index >= 15 is 0 Å². The van der Waals surface area contributed by atoms with Gasteiger partial charge < -0.3 is 4.90 Å². The second-order valence-corrected chi connectivity index (χ2v) is 4.80. The molecule has 1 nitrogen and oxygen atoms in total. The topological polar surface area (TPSA) is 3.24 Å². The van der Waals surface area contributed by atoms with E-state index in [-0.39, 0.29) is 5.92 Å². The molecule has 2 atom stereocenters. The summed E-state index contributed by atoms with van der Waals surface area (Å²) in [5.74, 6) is 0.715. The second-order valence-electron chi connectivity index (χ2n) is 4.80. The Labute approximate surface area is 81.3 Å². The number of rotatable bonds is 2. The van der Waals surface area contributed by atoms with E-state index in [0.29, 0.717) is 12.0 Å². The van der Waals surface area contributed by atoms with Gasteiger partial charge in [-0.25, -0.2) is 4.39 Å². The molecule has 0 spiro atoms. The smallest absolute Gasteiger partial charge is 0.106 e. The number of piperidine rings is 1. The molecule has 0 radical (unpaired) electrons. The van der Waals surface area contributed by atoms with E-state index in [1.807, 2.05) is 0 Å². The summed E-state index contributed by atoms with van der Waals surface area (Å²) in [6.45, 7) is 10.5. The summed E-state index contributed by atoms with van der Waals surface area (Å²) in [4.78, 5) is 2.39. The highest BCUT2D eigenvalue weighted by Gasteiger charge is 2.31. The van der Waals surface area contributed by atoms with Crippen LogP contribution in [0.25, 0.3) is 0 Å². The van der Waals surface area contributed by atoms with E-state index in [1.165, 1.54) is 0 Å². The van der Waals surface area contributed by atoms with Gasteiger partial charge in [-0.2, -0.15) is 0 Å². The Kier molecular flexibility index (Phi) is 3.72. The van der Waals surface area contributed by atoms with Crippen molar-refractivity contribution in [3.63, 3.8) is 0 Å². The predicted molar refractivity (Wildman–Crippen MR) is 54.6 cm³/mol. The lowest BCUT2D eigenvalue weighted by molar-refractivity contribution is 0.0455. The zero-order valence-corrected chi connectivity index (χ0v) is 9.26. The molecule has 1 aliphatic rings. The molecular weight excluding hydrogens is 165 g/mol. The van der Waals surface area contributed by atoms with Crippen LogP contribution in [-0.2, 0) is 0 Å². The van der Waals surface area contributed by atoms with Crippen LogP contribution in [0.1, 0.15) is 34.1 Å². The van der Waals surface area contributed by atoms with Crippen molar-refractivity contribution in [2.45, 2.75) is 46.3 Å². The first-order valence-corrected chi connectivity index (χ1v) is 5.40. The molecule has 1 heterocycles. The van der Waals surface area contributed by atoms with Gasteiger partial charge in [0, 0.05) is 25.0 Å². The maximum atomic E-state index is 13.5. The number of nitrogens with zero attached hydrogens (tertiary/aromatic N) is 1. The van der Waals surface area contributed by atoms with Crippen molar-refractivity contribution in [2.75, 3.05) is 13.1 Å². The zero-order chi connectivity index (χ0) is 10.0. The Morgan fingerprint density at radius 1 is 1.23 bits per heavy atom. The molecule has 1 saturated heterocycles. The van der Waals surface area contributed by atoms with Gasteiger partial charge in [-0.3, -0.25) is 0 Å². The average Bonchev–Trinajstić information content (AvgIpc) is 2.04. The van der Waals surface area contributed by atoms with Crippen LogP contribution >= 0.6 is 0 Å². The molecule has 0 aromatic rings. The first-order chi connectivity index (χ1) is 6.02. The molecule has 0 saturated carbocycles. The molecule has 1 fully saturated rings. The maximum Gasteiger partial charge on any atom is 0.106 e. The molecule has 0 aliphatic carbocycles. The number of halogens is 1. The lowest BCUT2D eigenvalue weighted by atomic mass is 9.86. The van der Waals surface area contributed by atoms with Crippen LogP contribution in [0, 0.1) is 11.8 Å². The molecule has 1 aliphatic heterocycles. The van der Waals surface area contributed by atoms with Crippen LogP contribution in [0.5, 0.6) is 0 Å². The van der Waals surface area contributed by atoms with Crippen molar-refractivity contribution < 1.29 is 4.39 Å². The van der Waals surface area contributed by atoms with Crippen molar-refractivity contribution in [3.05, 3.63) is 0 Å². The quantitative estimate of drug-likeness (QED) is 0.642. The van der Waals surface area contributed by atoms with Crippen LogP contribution < -0.4 is 0 Å². The molecular formula is C11H22FN. The lowest BCUT2D eigenvalue weighted by Crippen LogP contribution is -2.46. The number of likely N-dealkylation sites (tertiary alicyclic amines) is 1. The Morgan fingerprint density at radius 3 is 2.31 bits per heavy atom. The molecule has 0 amide bonds. The van der Waals surface area contributed by atoms with Crippen LogP contribution in [0.4, 0.5) is 4.39 Å². The number of hydrogen-bond donors (Lipinski definition) is 0. The summed E-state index contributed by atoms with van der Waals surface area (Å²) >= 11 is 0. The van der Waals surface area contributed by atoms with E-state index in [1.54, 1.807) is 0 Å². The van der Waals surface area contributed by atoms with E-state index in [0.717, 1.165) is 19.5 Å². The van der Waals surface area contributed by atoms with Gasteiger partial charge in [0.15, 0.2) is 0 Å². The zero-order valence-electron chi connectivity index (χ0n) is 9.26. The highest BCUT2D eigenvalue weighted by Crippen LogP contribution is 2.27. The Bertz CT molecular complexity index is 156. The Balaban J connectivity index is 2.53. The van der Waals surface area contributed by atoms with E-state index in [4.69, 9.17) is 0 Å². The summed E-state index contributed by atoms with van der Waals surface area (Å²) in [7, 11) is 0. The summed E-state index contributed by atoms with van der Waals surface area (Å²) in [5.41, 5.74) is 0. The molecule has 2 unspecified atom stereocenters. The minimum absolute atomic E-state index is 0.246. The third-order valence-electron chi connectivity index (χ3n) is 3.19. The largest absolute Gasteiger partial charge is 0.300 e. The molecule has 0 bridgehead atoms. The summed E-state index contributed by atoms with van der Waals surface area (Å²) < 4.78 is 13.5. The predicted octanol–water partition coefficient (Wildman–Crippen LogP) is 2.71. The SMILES string of the molecule is CC(C)C1CN(C(C)C)CCC1F. The molecule has 78 valence electrons. The minimum atomic E-state index is -0.574. The molecule has 0 aromatic heterocycles. The van der Waals surface area contributed by atoms with Gasteiger partial charge in [-0.15, -0.1) is 0 Å². The van der Waals surface area contributed by atoms with Crippen LogP contribution in [0.15, 0.2) is 0 Å². The number of alkyl halides is 1. The van der Waals surface area contributed by atoms with E-state index in [9.17, 15) is 4.39 Å². The second kappa shape index (κ2) is 4.41. The third kappa shape index (κ3) is 2.67. The van der Waals surface area contributed by atoms with Gasteiger partial charge in [-0.1, -0.05) is 13.8 Å². The van der Waals surface area contributed by atoms with Crippen LogP contribution in [-0.4, -0.2) is 30.2 Å². The standard InChI is InChI=1S/C11H22FN/c1-8(2)10-7-13(9(3)4)6-5-11(10)12/h8-11H,5-7H2,1-4H3. The Morgan fingerprint density at radius 2 is 1.85 bits per heavy atom. The molecule has 0 aromatic carbocycles. The van der Waals surface area contributed by atoms with Gasteiger partial charge in [0.25, 0.3) is 0 Å². The van der Waals surface area contributed by atoms with Crippen molar-refractivity contribution >= 4 is 0 Å². The van der Waals surface area contributed by atoms with Gasteiger partial charge in [0.2, 0.25) is 0 Å². The fourth-order valence-electron chi connectivity index (χ4n) is 2.08. The molecule has 0 N–H and O–H groups in total. The fraction of sp³-hybridized carbons (Fsp3) is 1.00. The maximum absolute atomic E-state index is 13.5. The van der Waals surface area contributed by atoms with E-state index < -0.39 is 6.17 Å². The molecule has 1 rings (SSSR count). The van der Waals surface area contributed by atoms with Crippen LogP contribution in [0.3, 0.4) is 0 Å². The first kappa shape index (κ1) is 11.0. The van der Waals surface area contributed by atoms with Gasteiger partial charge in [0.1, 0.15) is 6.17 Å². The third-order valence-corrected chi connectivity index (χ3v) is 3.19. The highest BCUT2D eigenvalue weighted by atomic mass is 19.1. The minimum Gasteiger partial charge on any atom is -0.300 e. The molecule has 2 heteroatoms. The lowest BCUT2D eigenvalue weighted by Gasteiger charge is -2.39. The van der Waals surface area contributed by atoms with Crippen LogP contribution in [0.2, 0.25) is 0 Å². The van der Waals surface area contributed by atoms with Gasteiger partial charge >= 0.3 is 0 Å². The van der Waals surface area contributed by atoms with Crippen molar-refractivity contribution in [3.8, 4) is 0 Å². The Hall–Kier alpha value is -0.110.